The highest BCUT2D eigenvalue weighted by atomic mass is 31.2. The van der Waals surface area contributed by atoms with E-state index in [0.717, 1.165) is 38.5 Å². The summed E-state index contributed by atoms with van der Waals surface area (Å²) < 4.78 is 32.7. The average Bonchev–Trinajstić information content (AvgIpc) is 2.94. The zero-order chi connectivity index (χ0) is 30.8. The van der Waals surface area contributed by atoms with E-state index in [4.69, 9.17) is 18.5 Å². The minimum Gasteiger partial charge on any atom is -0.462 e. The van der Waals surface area contributed by atoms with Crippen LogP contribution in [0.5, 0.6) is 0 Å². The molecular formula is C27H51O13P. The van der Waals surface area contributed by atoms with Gasteiger partial charge in [-0.25, -0.2) is 4.57 Å². The molecule has 0 spiro atoms. The van der Waals surface area contributed by atoms with Crippen molar-refractivity contribution < 1.29 is 63.1 Å². The van der Waals surface area contributed by atoms with Gasteiger partial charge in [0.25, 0.3) is 0 Å². The summed E-state index contributed by atoms with van der Waals surface area (Å²) in [6, 6.07) is 0. The molecule has 6 unspecified atom stereocenters. The van der Waals surface area contributed by atoms with E-state index in [1.807, 2.05) is 6.92 Å². The van der Waals surface area contributed by atoms with E-state index in [1.54, 1.807) is 0 Å². The summed E-state index contributed by atoms with van der Waals surface area (Å²) in [6.45, 7) is 2.98. The number of aliphatic hydroxyl groups is 5. The molecule has 0 aromatic carbocycles. The Bertz CT molecular complexity index is 766. The molecule has 41 heavy (non-hydrogen) atoms. The Hall–Kier alpha value is -1.15. The molecule has 0 aromatic heterocycles. The van der Waals surface area contributed by atoms with Gasteiger partial charge in [-0.15, -0.1) is 0 Å². The Morgan fingerprint density at radius 1 is 0.659 bits per heavy atom. The van der Waals surface area contributed by atoms with Crippen molar-refractivity contribution in [1.29, 1.82) is 0 Å². The molecule has 0 aromatic rings. The highest BCUT2D eigenvalue weighted by Crippen LogP contribution is 2.47. The lowest BCUT2D eigenvalue weighted by molar-refractivity contribution is -0.220. The van der Waals surface area contributed by atoms with Crippen molar-refractivity contribution in [2.45, 2.75) is 146 Å². The van der Waals surface area contributed by atoms with Crippen LogP contribution in [0.2, 0.25) is 0 Å². The van der Waals surface area contributed by atoms with Gasteiger partial charge in [-0.2, -0.15) is 0 Å². The van der Waals surface area contributed by atoms with Crippen LogP contribution in [0.1, 0.15) is 104 Å². The molecule has 6 N–H and O–H groups in total. The first-order valence-electron chi connectivity index (χ1n) is 14.8. The number of ether oxygens (including phenoxy) is 2. The molecule has 1 saturated carbocycles. The predicted molar refractivity (Wildman–Crippen MR) is 148 cm³/mol. The molecule has 1 aliphatic rings. The third kappa shape index (κ3) is 15.2. The molecule has 0 amide bonds. The quantitative estimate of drug-likeness (QED) is 0.0588. The third-order valence-electron chi connectivity index (χ3n) is 6.95. The second-order valence-corrected chi connectivity index (χ2v) is 12.0. The largest absolute Gasteiger partial charge is 0.472 e. The number of rotatable bonds is 22. The Morgan fingerprint density at radius 3 is 1.66 bits per heavy atom. The van der Waals surface area contributed by atoms with Crippen LogP contribution in [0.3, 0.4) is 0 Å². The summed E-state index contributed by atoms with van der Waals surface area (Å²) in [6.07, 6.45) is -0.991. The fourth-order valence-electron chi connectivity index (χ4n) is 4.40. The first-order valence-corrected chi connectivity index (χ1v) is 16.3. The molecule has 242 valence electrons. The topological polar surface area (TPSA) is 210 Å². The van der Waals surface area contributed by atoms with E-state index >= 15 is 0 Å². The second kappa shape index (κ2) is 20.7. The van der Waals surface area contributed by atoms with Crippen molar-refractivity contribution in [3.63, 3.8) is 0 Å². The zero-order valence-electron chi connectivity index (χ0n) is 24.3. The number of unbranched alkanes of at least 4 members (excludes halogenated alkanes) is 10. The van der Waals surface area contributed by atoms with Crippen molar-refractivity contribution >= 4 is 19.8 Å². The van der Waals surface area contributed by atoms with Crippen molar-refractivity contribution in [2.75, 3.05) is 13.2 Å². The number of hydrogen-bond donors (Lipinski definition) is 6. The van der Waals surface area contributed by atoms with Crippen molar-refractivity contribution in [2.24, 2.45) is 0 Å². The van der Waals surface area contributed by atoms with Crippen LogP contribution in [-0.4, -0.2) is 98.3 Å². The molecule has 1 rings (SSSR count). The second-order valence-electron chi connectivity index (χ2n) is 10.6. The Labute approximate surface area is 242 Å². The molecule has 14 heteroatoms. The molecule has 0 aliphatic heterocycles. The maximum absolute atomic E-state index is 12.5. The van der Waals surface area contributed by atoms with Crippen LogP contribution in [0.4, 0.5) is 0 Å². The van der Waals surface area contributed by atoms with Crippen LogP contribution in [0.15, 0.2) is 0 Å². The Kier molecular flexibility index (Phi) is 19.1. The molecule has 13 nitrogen and oxygen atoms in total. The van der Waals surface area contributed by atoms with Gasteiger partial charge in [0.2, 0.25) is 0 Å². The van der Waals surface area contributed by atoms with Gasteiger partial charge >= 0.3 is 19.8 Å². The Morgan fingerprint density at radius 2 is 1.10 bits per heavy atom. The smallest absolute Gasteiger partial charge is 0.462 e. The van der Waals surface area contributed by atoms with Crippen LogP contribution in [0.25, 0.3) is 0 Å². The molecule has 1 aliphatic carbocycles. The van der Waals surface area contributed by atoms with Crippen molar-refractivity contribution in [3.05, 3.63) is 0 Å². The first kappa shape index (κ1) is 37.9. The number of esters is 2. The lowest BCUT2D eigenvalue weighted by Gasteiger charge is -2.41. The molecule has 0 heterocycles. The predicted octanol–water partition coefficient (Wildman–Crippen LogP) is 2.26. The maximum Gasteiger partial charge on any atom is 0.472 e. The fourth-order valence-corrected chi connectivity index (χ4v) is 5.37. The van der Waals surface area contributed by atoms with Gasteiger partial charge in [0, 0.05) is 12.8 Å². The molecule has 0 bridgehead atoms. The minimum atomic E-state index is -5.07. The van der Waals surface area contributed by atoms with E-state index in [2.05, 4.69) is 6.92 Å². The van der Waals surface area contributed by atoms with Gasteiger partial charge in [0.15, 0.2) is 6.10 Å². The van der Waals surface area contributed by atoms with E-state index < -0.39 is 75.7 Å². The monoisotopic (exact) mass is 614 g/mol. The van der Waals surface area contributed by atoms with Crippen LogP contribution < -0.4 is 0 Å². The third-order valence-corrected chi connectivity index (χ3v) is 7.93. The summed E-state index contributed by atoms with van der Waals surface area (Å²) >= 11 is 0. The zero-order valence-corrected chi connectivity index (χ0v) is 25.2. The van der Waals surface area contributed by atoms with E-state index in [-0.39, 0.29) is 12.8 Å². The molecule has 6 atom stereocenters. The Balaban J connectivity index is 2.63. The lowest BCUT2D eigenvalue weighted by atomic mass is 9.85. The minimum absolute atomic E-state index is 0.0998. The van der Waals surface area contributed by atoms with E-state index in [0.29, 0.717) is 12.8 Å². The fraction of sp³-hybridized carbons (Fsp3) is 0.926. The van der Waals surface area contributed by atoms with Crippen LogP contribution in [0, 0.1) is 0 Å². The number of carbonyl (C=O) groups is 2. The summed E-state index contributed by atoms with van der Waals surface area (Å²) in [7, 11) is -5.07. The maximum atomic E-state index is 12.5. The van der Waals surface area contributed by atoms with Crippen molar-refractivity contribution in [3.8, 4) is 0 Å². The average molecular weight is 615 g/mol. The van der Waals surface area contributed by atoms with Gasteiger partial charge in [-0.1, -0.05) is 78.1 Å². The van der Waals surface area contributed by atoms with Crippen LogP contribution >= 0.6 is 7.82 Å². The number of phosphoric ester groups is 1. The van der Waals surface area contributed by atoms with E-state index in [9.17, 15) is 44.6 Å². The van der Waals surface area contributed by atoms with Gasteiger partial charge in [0.05, 0.1) is 6.61 Å². The molecule has 1 fully saturated rings. The first-order chi connectivity index (χ1) is 19.4. The summed E-state index contributed by atoms with van der Waals surface area (Å²) in [5.41, 5.74) is 0. The van der Waals surface area contributed by atoms with Gasteiger partial charge < -0.3 is 39.9 Å². The van der Waals surface area contributed by atoms with Crippen LogP contribution in [-0.2, 0) is 32.7 Å². The highest BCUT2D eigenvalue weighted by Gasteiger charge is 2.51. The number of carbonyl (C=O) groups excluding carboxylic acids is 2. The highest BCUT2D eigenvalue weighted by molar-refractivity contribution is 7.47. The number of phosphoric acid groups is 1. The summed E-state index contributed by atoms with van der Waals surface area (Å²) in [5, 5.41) is 49.4. The SMILES string of the molecule is CCCCCCCCCCCC(=O)OC(COC(=O)CCCCC)COP(=O)(O)OC1C(O)C(O)C(O)C(O)C1O. The summed E-state index contributed by atoms with van der Waals surface area (Å²) in [5.74, 6) is -1.13. The number of aliphatic hydroxyl groups excluding tert-OH is 5. The van der Waals surface area contributed by atoms with Gasteiger partial charge in [-0.05, 0) is 12.8 Å². The van der Waals surface area contributed by atoms with Gasteiger partial charge in [0.1, 0.15) is 43.2 Å². The normalized spacial score (nSPS) is 26.7. The van der Waals surface area contributed by atoms with E-state index in [1.165, 1.54) is 25.7 Å². The summed E-state index contributed by atoms with van der Waals surface area (Å²) in [4.78, 5) is 34.6. The molecular weight excluding hydrogens is 563 g/mol. The molecule has 0 saturated heterocycles. The standard InChI is InChI=1S/C27H51O13P/c1-3-5-7-8-9-10-11-12-14-16-21(29)39-19(17-37-20(28)15-13-6-4-2)18-38-41(35,36)40-27-25(33)23(31)22(30)24(32)26(27)34/h19,22-27,30-34H,3-18H2,1-2H3,(H,35,36). The van der Waals surface area contributed by atoms with Gasteiger partial charge in [-0.3, -0.25) is 18.6 Å². The number of hydrogen-bond acceptors (Lipinski definition) is 12. The van der Waals surface area contributed by atoms with Crippen molar-refractivity contribution in [1.82, 2.24) is 0 Å². The molecule has 0 radical (unpaired) electrons. The lowest BCUT2D eigenvalue weighted by Crippen LogP contribution is -2.64.